The lowest BCUT2D eigenvalue weighted by atomic mass is 9.40. The molecule has 28 heavy (non-hydrogen) atoms. The summed E-state index contributed by atoms with van der Waals surface area (Å²) in [6.45, 7) is 0. The van der Waals surface area contributed by atoms with Crippen LogP contribution in [0.5, 0.6) is 0 Å². The number of fused-ring (bicyclic) bond motifs is 5. The Morgan fingerprint density at radius 3 is 1.04 bits per heavy atom. The molecule has 10 unspecified atom stereocenters. The van der Waals surface area contributed by atoms with Gasteiger partial charge in [-0.05, 0) is 160 Å². The fourth-order valence-corrected chi connectivity index (χ4v) is 13.2. The first kappa shape index (κ1) is 16.7. The Balaban J connectivity index is 1.20. The average molecular weight is 379 g/mol. The molecule has 154 valence electrons. The molecule has 0 heteroatoms. The first-order chi connectivity index (χ1) is 13.9. The van der Waals surface area contributed by atoms with Gasteiger partial charge >= 0.3 is 0 Å². The van der Waals surface area contributed by atoms with Crippen molar-refractivity contribution in [2.45, 2.75) is 89.9 Å². The van der Waals surface area contributed by atoms with Gasteiger partial charge in [-0.25, -0.2) is 0 Å². The average Bonchev–Trinajstić information content (AvgIpc) is 3.32. The van der Waals surface area contributed by atoms with Gasteiger partial charge < -0.3 is 0 Å². The van der Waals surface area contributed by atoms with Gasteiger partial charge in [0.25, 0.3) is 0 Å². The Hall–Kier alpha value is 0. The largest absolute Gasteiger partial charge is 0.0530 e. The molecule has 0 nitrogen and oxygen atoms in total. The quantitative estimate of drug-likeness (QED) is 0.418. The maximum absolute atomic E-state index is 1.67. The van der Waals surface area contributed by atoms with Crippen molar-refractivity contribution in [3.63, 3.8) is 0 Å². The molecule has 0 aliphatic heterocycles. The van der Waals surface area contributed by atoms with Gasteiger partial charge in [0.05, 0.1) is 0 Å². The van der Waals surface area contributed by atoms with Crippen molar-refractivity contribution in [2.24, 2.45) is 82.9 Å². The molecule has 0 radical (unpaired) electrons. The molecule has 0 heterocycles. The second kappa shape index (κ2) is 5.82. The van der Waals surface area contributed by atoms with Gasteiger partial charge in [-0.1, -0.05) is 12.8 Å². The second-order valence-electron chi connectivity index (χ2n) is 13.3. The summed E-state index contributed by atoms with van der Waals surface area (Å²) in [5.74, 6) is 16.7. The third-order valence-electron chi connectivity index (χ3n) is 13.3. The molecule has 8 aliphatic carbocycles. The van der Waals surface area contributed by atoms with Gasteiger partial charge in [-0.15, -0.1) is 0 Å². The topological polar surface area (TPSA) is 0 Å². The van der Waals surface area contributed by atoms with Crippen molar-refractivity contribution in [2.75, 3.05) is 0 Å². The fraction of sp³-hybridized carbons (Fsp3) is 1.00. The van der Waals surface area contributed by atoms with E-state index in [1.54, 1.807) is 89.9 Å². The SMILES string of the molecule is C1CCC2C(C1)C1CCC3C4CCC5CCC6CCC(C7CCC2C1C37)C4C56. The Labute approximate surface area is 173 Å². The molecule has 0 bridgehead atoms. The number of rotatable bonds is 0. The van der Waals surface area contributed by atoms with Gasteiger partial charge in [0.15, 0.2) is 0 Å². The van der Waals surface area contributed by atoms with Crippen LogP contribution >= 0.6 is 0 Å². The first-order valence-corrected chi connectivity index (χ1v) is 13.9. The van der Waals surface area contributed by atoms with Crippen LogP contribution in [-0.2, 0) is 0 Å². The van der Waals surface area contributed by atoms with E-state index >= 15 is 0 Å². The lowest BCUT2D eigenvalue weighted by molar-refractivity contribution is -0.168. The molecule has 8 aliphatic rings. The number of hydrogen-bond donors (Lipinski definition) is 0. The van der Waals surface area contributed by atoms with Crippen LogP contribution in [0.4, 0.5) is 0 Å². The molecule has 0 N–H and O–H groups in total. The van der Waals surface area contributed by atoms with Gasteiger partial charge in [0.2, 0.25) is 0 Å². The van der Waals surface area contributed by atoms with Gasteiger partial charge in [0.1, 0.15) is 0 Å². The van der Waals surface area contributed by atoms with E-state index in [1.807, 2.05) is 0 Å². The summed E-state index contributed by atoms with van der Waals surface area (Å²) in [4.78, 5) is 0. The van der Waals surface area contributed by atoms with Gasteiger partial charge in [-0.2, -0.15) is 0 Å². The molecule has 8 saturated carbocycles. The Bertz CT molecular complexity index is 598. The van der Waals surface area contributed by atoms with Crippen molar-refractivity contribution in [1.29, 1.82) is 0 Å². The van der Waals surface area contributed by atoms with Crippen LogP contribution in [0.3, 0.4) is 0 Å². The molecule has 0 aromatic heterocycles. The maximum Gasteiger partial charge on any atom is -0.0318 e. The first-order valence-electron chi connectivity index (χ1n) is 13.9. The number of hydrogen-bond acceptors (Lipinski definition) is 0. The van der Waals surface area contributed by atoms with Crippen molar-refractivity contribution in [1.82, 2.24) is 0 Å². The smallest absolute Gasteiger partial charge is 0.0318 e. The Morgan fingerprint density at radius 2 is 0.571 bits per heavy atom. The van der Waals surface area contributed by atoms with E-state index < -0.39 is 0 Å². The standard InChI is InChI=1S/C28H42/c1-2-4-18-17(3-1)19-11-13-23-21-9-7-15-5-6-16-8-10-22(26(21)25(15)16)24-14-12-20(18)27(19)28(23)24/h15-28H,1-14H2. The zero-order valence-corrected chi connectivity index (χ0v) is 18.0. The van der Waals surface area contributed by atoms with Crippen LogP contribution < -0.4 is 0 Å². The molecule has 0 saturated heterocycles. The van der Waals surface area contributed by atoms with Crippen LogP contribution in [0.25, 0.3) is 0 Å². The minimum absolute atomic E-state index is 1.17. The molecule has 8 rings (SSSR count). The van der Waals surface area contributed by atoms with E-state index in [1.165, 1.54) is 82.9 Å². The van der Waals surface area contributed by atoms with E-state index in [2.05, 4.69) is 0 Å². The van der Waals surface area contributed by atoms with Crippen molar-refractivity contribution in [3.8, 4) is 0 Å². The highest BCUT2D eigenvalue weighted by Crippen LogP contribution is 2.73. The summed E-state index contributed by atoms with van der Waals surface area (Å²) in [7, 11) is 0. The van der Waals surface area contributed by atoms with Crippen molar-refractivity contribution < 1.29 is 0 Å². The van der Waals surface area contributed by atoms with E-state index in [4.69, 9.17) is 0 Å². The third-order valence-corrected chi connectivity index (χ3v) is 13.3. The minimum Gasteiger partial charge on any atom is -0.0530 e. The minimum atomic E-state index is 1.17. The molecular weight excluding hydrogens is 336 g/mol. The van der Waals surface area contributed by atoms with Crippen LogP contribution in [0.1, 0.15) is 89.9 Å². The molecule has 0 spiro atoms. The Kier molecular flexibility index (Phi) is 3.46. The highest BCUT2D eigenvalue weighted by atomic mass is 14.7. The summed E-state index contributed by atoms with van der Waals surface area (Å²) in [6.07, 6.45) is 23.0. The zero-order chi connectivity index (χ0) is 18.0. The maximum atomic E-state index is 1.67. The summed E-state index contributed by atoms with van der Waals surface area (Å²) in [5, 5.41) is 0. The van der Waals surface area contributed by atoms with E-state index in [9.17, 15) is 0 Å². The van der Waals surface area contributed by atoms with Crippen LogP contribution in [0.2, 0.25) is 0 Å². The van der Waals surface area contributed by atoms with E-state index in [0.717, 1.165) is 0 Å². The second-order valence-corrected chi connectivity index (χ2v) is 13.3. The van der Waals surface area contributed by atoms with Crippen LogP contribution in [-0.4, -0.2) is 0 Å². The summed E-state index contributed by atoms with van der Waals surface area (Å²) in [5.41, 5.74) is 0. The zero-order valence-electron chi connectivity index (χ0n) is 18.0. The molecule has 0 amide bonds. The van der Waals surface area contributed by atoms with Crippen LogP contribution in [0.15, 0.2) is 0 Å². The fourth-order valence-electron chi connectivity index (χ4n) is 13.2. The summed E-state index contributed by atoms with van der Waals surface area (Å²) in [6, 6.07) is 0. The molecular formula is C28H42. The Morgan fingerprint density at radius 1 is 0.250 bits per heavy atom. The van der Waals surface area contributed by atoms with Crippen LogP contribution in [0, 0.1) is 82.9 Å². The third kappa shape index (κ3) is 1.92. The van der Waals surface area contributed by atoms with E-state index in [0.29, 0.717) is 0 Å². The molecule has 0 aromatic carbocycles. The summed E-state index contributed by atoms with van der Waals surface area (Å²) >= 11 is 0. The van der Waals surface area contributed by atoms with Crippen molar-refractivity contribution in [3.05, 3.63) is 0 Å². The van der Waals surface area contributed by atoms with Crippen molar-refractivity contribution >= 4 is 0 Å². The highest BCUT2D eigenvalue weighted by molar-refractivity contribution is 5.14. The molecule has 10 atom stereocenters. The lowest BCUT2D eigenvalue weighted by Gasteiger charge is -2.65. The van der Waals surface area contributed by atoms with Gasteiger partial charge in [-0.3, -0.25) is 0 Å². The lowest BCUT2D eigenvalue weighted by Crippen LogP contribution is -2.59. The normalized spacial score (nSPS) is 66.0. The monoisotopic (exact) mass is 378 g/mol. The van der Waals surface area contributed by atoms with E-state index in [-0.39, 0.29) is 0 Å². The predicted molar refractivity (Wildman–Crippen MR) is 113 cm³/mol. The highest BCUT2D eigenvalue weighted by Gasteiger charge is 2.66. The predicted octanol–water partition coefficient (Wildman–Crippen LogP) is 7.18. The van der Waals surface area contributed by atoms with Gasteiger partial charge in [0, 0.05) is 0 Å². The summed E-state index contributed by atoms with van der Waals surface area (Å²) < 4.78 is 0. The molecule has 8 fully saturated rings. The molecule has 0 aromatic rings.